The number of nitrogens with one attached hydrogen (secondary N) is 1. The molecule has 1 aliphatic heterocycles. The lowest BCUT2D eigenvalue weighted by atomic mass is 9.83. The Labute approximate surface area is 165 Å². The molecule has 1 aromatic rings. The van der Waals surface area contributed by atoms with Gasteiger partial charge in [-0.2, -0.15) is 5.26 Å². The van der Waals surface area contributed by atoms with Gasteiger partial charge in [-0.3, -0.25) is 14.5 Å². The van der Waals surface area contributed by atoms with Crippen LogP contribution in [-0.4, -0.2) is 54.9 Å². The van der Waals surface area contributed by atoms with Gasteiger partial charge in [0.15, 0.2) is 5.78 Å². The zero-order chi connectivity index (χ0) is 20.1. The maximum atomic E-state index is 14.3. The lowest BCUT2D eigenvalue weighted by Crippen LogP contribution is -2.54. The molecule has 3 rings (SSSR count). The molecule has 28 heavy (non-hydrogen) atoms. The number of rotatable bonds is 5. The Morgan fingerprint density at radius 3 is 2.43 bits per heavy atom. The minimum absolute atomic E-state index is 0.117. The molecule has 1 saturated heterocycles. The molecular weight excluding hydrogens is 359 g/mol. The Balaban J connectivity index is 1.52. The number of amides is 1. The molecule has 1 amide bonds. The van der Waals surface area contributed by atoms with Crippen LogP contribution in [0.1, 0.15) is 49.4 Å². The molecule has 1 N–H and O–H groups in total. The van der Waals surface area contributed by atoms with E-state index in [4.69, 9.17) is 0 Å². The van der Waals surface area contributed by atoms with E-state index in [2.05, 4.69) is 11.4 Å². The molecule has 0 spiro atoms. The van der Waals surface area contributed by atoms with Crippen LogP contribution in [0.15, 0.2) is 18.2 Å². The molecule has 2 aliphatic rings. The van der Waals surface area contributed by atoms with Crippen molar-refractivity contribution in [3.63, 3.8) is 0 Å². The number of anilines is 1. The predicted molar refractivity (Wildman–Crippen MR) is 105 cm³/mol. The van der Waals surface area contributed by atoms with E-state index in [-0.39, 0.29) is 18.2 Å². The van der Waals surface area contributed by atoms with Gasteiger partial charge in [-0.05, 0) is 38.0 Å². The van der Waals surface area contributed by atoms with Gasteiger partial charge >= 0.3 is 0 Å². The van der Waals surface area contributed by atoms with Crippen molar-refractivity contribution in [1.82, 2.24) is 10.2 Å². The molecule has 1 aliphatic carbocycles. The van der Waals surface area contributed by atoms with Crippen LogP contribution in [0.5, 0.6) is 0 Å². The first-order valence-electron chi connectivity index (χ1n) is 9.92. The Morgan fingerprint density at radius 2 is 1.86 bits per heavy atom. The molecule has 7 heteroatoms. The van der Waals surface area contributed by atoms with E-state index in [0.717, 1.165) is 32.1 Å². The third kappa shape index (κ3) is 4.68. The first-order chi connectivity index (χ1) is 13.4. The number of ketones is 1. The van der Waals surface area contributed by atoms with Gasteiger partial charge in [0.25, 0.3) is 0 Å². The Morgan fingerprint density at radius 1 is 1.18 bits per heavy atom. The van der Waals surface area contributed by atoms with E-state index in [1.54, 1.807) is 12.1 Å². The number of Topliss-reactive ketones (excluding diaryl/α,β-unsaturated/α-hetero) is 1. The average Bonchev–Trinajstić information content (AvgIpc) is 2.69. The fourth-order valence-corrected chi connectivity index (χ4v) is 4.06. The summed E-state index contributed by atoms with van der Waals surface area (Å²) in [6.07, 6.45) is 4.50. The van der Waals surface area contributed by atoms with Gasteiger partial charge in [0.2, 0.25) is 5.91 Å². The molecule has 2 fully saturated rings. The van der Waals surface area contributed by atoms with Gasteiger partial charge in [0.05, 0.1) is 18.3 Å². The molecule has 0 bridgehead atoms. The molecular formula is C21H27FN4O2. The van der Waals surface area contributed by atoms with E-state index in [0.29, 0.717) is 37.4 Å². The van der Waals surface area contributed by atoms with Crippen molar-refractivity contribution in [3.8, 4) is 6.07 Å². The minimum Gasteiger partial charge on any atom is -0.367 e. The van der Waals surface area contributed by atoms with Crippen LogP contribution < -0.4 is 10.2 Å². The molecule has 1 heterocycles. The molecule has 0 aromatic heterocycles. The van der Waals surface area contributed by atoms with Crippen LogP contribution in [0.2, 0.25) is 0 Å². The summed E-state index contributed by atoms with van der Waals surface area (Å²) in [5.41, 5.74) is 0.143. The topological polar surface area (TPSA) is 76.4 Å². The van der Waals surface area contributed by atoms with Gasteiger partial charge in [-0.15, -0.1) is 0 Å². The number of piperazine rings is 1. The standard InChI is InChI=1S/C21H27FN4O2/c1-16(27)17-5-6-19(18(22)13-17)26-11-9-25(10-12-26)14-20(28)24-21(15-23)7-3-2-4-8-21/h5-6,13H,2-4,7-12,14H2,1H3,(H,24,28). The van der Waals surface area contributed by atoms with Crippen LogP contribution in [0.25, 0.3) is 0 Å². The van der Waals surface area contributed by atoms with Crippen LogP contribution in [0, 0.1) is 17.1 Å². The fourth-order valence-electron chi connectivity index (χ4n) is 4.06. The van der Waals surface area contributed by atoms with E-state index in [9.17, 15) is 19.2 Å². The highest BCUT2D eigenvalue weighted by molar-refractivity contribution is 5.94. The molecule has 0 atom stereocenters. The van der Waals surface area contributed by atoms with Gasteiger partial charge in [0.1, 0.15) is 11.4 Å². The SMILES string of the molecule is CC(=O)c1ccc(N2CCN(CC(=O)NC3(C#N)CCCCC3)CC2)c(F)c1. The largest absolute Gasteiger partial charge is 0.367 e. The van der Waals surface area contributed by atoms with Crippen molar-refractivity contribution in [2.24, 2.45) is 0 Å². The van der Waals surface area contributed by atoms with Crippen molar-refractivity contribution >= 4 is 17.4 Å². The predicted octanol–water partition coefficient (Wildman–Crippen LogP) is 2.49. The van der Waals surface area contributed by atoms with Crippen LogP contribution in [0.4, 0.5) is 10.1 Å². The number of benzene rings is 1. The van der Waals surface area contributed by atoms with E-state index < -0.39 is 11.4 Å². The second-order valence-electron chi connectivity index (χ2n) is 7.79. The Kier molecular flexibility index (Phi) is 6.30. The molecule has 0 unspecified atom stereocenters. The number of nitriles is 1. The first kappa shape index (κ1) is 20.3. The third-order valence-corrected chi connectivity index (χ3v) is 5.73. The van der Waals surface area contributed by atoms with Gasteiger partial charge in [-0.25, -0.2) is 4.39 Å². The van der Waals surface area contributed by atoms with Crippen molar-refractivity contribution in [2.75, 3.05) is 37.6 Å². The summed E-state index contributed by atoms with van der Waals surface area (Å²) in [6, 6.07) is 6.88. The molecule has 150 valence electrons. The zero-order valence-corrected chi connectivity index (χ0v) is 16.3. The first-order valence-corrected chi connectivity index (χ1v) is 9.92. The normalized spacial score (nSPS) is 19.7. The molecule has 1 aromatic carbocycles. The minimum atomic E-state index is -0.710. The Bertz CT molecular complexity index is 775. The average molecular weight is 386 g/mol. The quantitative estimate of drug-likeness (QED) is 0.787. The van der Waals surface area contributed by atoms with Gasteiger partial charge < -0.3 is 10.2 Å². The van der Waals surface area contributed by atoms with Crippen molar-refractivity contribution < 1.29 is 14.0 Å². The van der Waals surface area contributed by atoms with Crippen molar-refractivity contribution in [1.29, 1.82) is 5.26 Å². The summed E-state index contributed by atoms with van der Waals surface area (Å²) >= 11 is 0. The number of hydrogen-bond donors (Lipinski definition) is 1. The summed E-state index contributed by atoms with van der Waals surface area (Å²) in [5, 5.41) is 12.4. The summed E-state index contributed by atoms with van der Waals surface area (Å²) in [5.74, 6) is -0.671. The van der Waals surface area contributed by atoms with Crippen LogP contribution in [-0.2, 0) is 4.79 Å². The highest BCUT2D eigenvalue weighted by Crippen LogP contribution is 2.27. The number of hydrogen-bond acceptors (Lipinski definition) is 5. The number of halogens is 1. The maximum absolute atomic E-state index is 14.3. The summed E-state index contributed by atoms with van der Waals surface area (Å²) in [7, 11) is 0. The maximum Gasteiger partial charge on any atom is 0.235 e. The smallest absolute Gasteiger partial charge is 0.235 e. The second kappa shape index (κ2) is 8.70. The van der Waals surface area contributed by atoms with Gasteiger partial charge in [0, 0.05) is 31.7 Å². The van der Waals surface area contributed by atoms with Crippen LogP contribution >= 0.6 is 0 Å². The van der Waals surface area contributed by atoms with Crippen molar-refractivity contribution in [3.05, 3.63) is 29.6 Å². The third-order valence-electron chi connectivity index (χ3n) is 5.73. The monoisotopic (exact) mass is 386 g/mol. The van der Waals surface area contributed by atoms with Crippen LogP contribution in [0.3, 0.4) is 0 Å². The fraction of sp³-hybridized carbons (Fsp3) is 0.571. The number of nitrogens with zero attached hydrogens (tertiary/aromatic N) is 3. The highest BCUT2D eigenvalue weighted by Gasteiger charge is 2.34. The highest BCUT2D eigenvalue weighted by atomic mass is 19.1. The lowest BCUT2D eigenvalue weighted by Gasteiger charge is -2.37. The Hall–Kier alpha value is -2.46. The van der Waals surface area contributed by atoms with E-state index in [1.165, 1.54) is 13.0 Å². The molecule has 1 saturated carbocycles. The lowest BCUT2D eigenvalue weighted by molar-refractivity contribution is -0.124. The van der Waals surface area contributed by atoms with Gasteiger partial charge in [-0.1, -0.05) is 19.3 Å². The molecule has 0 radical (unpaired) electrons. The second-order valence-corrected chi connectivity index (χ2v) is 7.79. The number of carbonyl (C=O) groups is 2. The van der Waals surface area contributed by atoms with E-state index in [1.807, 2.05) is 9.80 Å². The van der Waals surface area contributed by atoms with Crippen molar-refractivity contribution in [2.45, 2.75) is 44.6 Å². The van der Waals surface area contributed by atoms with E-state index >= 15 is 0 Å². The number of carbonyl (C=O) groups excluding carboxylic acids is 2. The summed E-state index contributed by atoms with van der Waals surface area (Å²) < 4.78 is 14.3. The zero-order valence-electron chi connectivity index (χ0n) is 16.3. The molecule has 6 nitrogen and oxygen atoms in total. The summed E-state index contributed by atoms with van der Waals surface area (Å²) in [4.78, 5) is 27.8. The summed E-state index contributed by atoms with van der Waals surface area (Å²) in [6.45, 7) is 4.16.